The van der Waals surface area contributed by atoms with Crippen LogP contribution in [0.5, 0.6) is 5.75 Å². The van der Waals surface area contributed by atoms with Crippen LogP contribution < -0.4 is 14.4 Å². The maximum Gasteiger partial charge on any atom is 0.264 e. The average molecular weight is 769 g/mol. The van der Waals surface area contributed by atoms with E-state index in [1.807, 2.05) is 32.2 Å². The number of amides is 1. The highest BCUT2D eigenvalue weighted by Gasteiger charge is 2.48. The third kappa shape index (κ3) is 9.09. The number of allylic oxidation sites excluding steroid dienone is 1. The number of nitrogens with one attached hydrogen (secondary N) is 1. The molecule has 2 bridgehead atoms. The van der Waals surface area contributed by atoms with Gasteiger partial charge in [-0.25, -0.2) is 13.1 Å². The molecule has 1 aliphatic carbocycles. The van der Waals surface area contributed by atoms with Crippen LogP contribution in [0, 0.1) is 17.8 Å². The lowest BCUT2D eigenvalue weighted by molar-refractivity contribution is -0.0954. The van der Waals surface area contributed by atoms with Crippen molar-refractivity contribution in [1.82, 2.24) is 14.5 Å². The van der Waals surface area contributed by atoms with Crippen molar-refractivity contribution >= 4 is 33.2 Å². The zero-order valence-electron chi connectivity index (χ0n) is 32.5. The zero-order valence-corrected chi connectivity index (χ0v) is 34.1. The Morgan fingerprint density at radius 2 is 1.77 bits per heavy atom. The van der Waals surface area contributed by atoms with Gasteiger partial charge in [0.05, 0.1) is 17.5 Å². The van der Waals surface area contributed by atoms with Gasteiger partial charge in [0.1, 0.15) is 11.4 Å². The fourth-order valence-corrected chi connectivity index (χ4v) is 10.4. The van der Waals surface area contributed by atoms with Gasteiger partial charge in [-0.15, -0.1) is 0 Å². The van der Waals surface area contributed by atoms with Crippen LogP contribution in [0.1, 0.15) is 93.6 Å². The monoisotopic (exact) mass is 768 g/mol. The molecule has 3 heterocycles. The second kappa shape index (κ2) is 17.4. The topological polar surface area (TPSA) is 91.4 Å². The second-order valence-electron chi connectivity index (χ2n) is 16.1. The number of rotatable bonds is 9. The van der Waals surface area contributed by atoms with Crippen molar-refractivity contribution in [3.63, 3.8) is 0 Å². The van der Waals surface area contributed by atoms with Gasteiger partial charge in [-0.2, -0.15) is 0 Å². The fourth-order valence-electron chi connectivity index (χ4n) is 8.91. The van der Waals surface area contributed by atoms with Crippen LogP contribution in [0.25, 0.3) is 0 Å². The lowest BCUT2D eigenvalue weighted by Gasteiger charge is -2.52. The molecule has 0 spiro atoms. The van der Waals surface area contributed by atoms with E-state index in [9.17, 15) is 13.2 Å². The molecule has 4 aliphatic rings. The van der Waals surface area contributed by atoms with Crippen LogP contribution in [0.2, 0.25) is 5.02 Å². The molecule has 53 heavy (non-hydrogen) atoms. The van der Waals surface area contributed by atoms with E-state index in [1.165, 1.54) is 24.0 Å². The first kappa shape index (κ1) is 40.0. The lowest BCUT2D eigenvalue weighted by atomic mass is 9.63. The highest BCUT2D eigenvalue weighted by Crippen LogP contribution is 2.47. The predicted octanol–water partition coefficient (Wildman–Crippen LogP) is 7.15. The van der Waals surface area contributed by atoms with Crippen molar-refractivity contribution in [3.8, 4) is 5.75 Å². The number of carbonyl (C=O) groups is 1. The number of fused-ring (bicyclic) bond motifs is 2. The van der Waals surface area contributed by atoms with Crippen molar-refractivity contribution in [2.24, 2.45) is 17.8 Å². The molecule has 1 saturated heterocycles. The molecule has 2 fully saturated rings. The number of unbranched alkanes of at least 4 members (excludes halogenated alkanes) is 1. The maximum absolute atomic E-state index is 13.6. The number of piperazine rings is 1. The Morgan fingerprint density at radius 1 is 1.00 bits per heavy atom. The Labute approximate surface area is 323 Å². The molecule has 0 aromatic heterocycles. The number of aryl methyl sites for hydroxylation is 1. The number of methoxy groups -OCH3 is 1. The zero-order chi connectivity index (χ0) is 37.8. The van der Waals surface area contributed by atoms with E-state index in [4.69, 9.17) is 21.1 Å². The molecule has 1 saturated carbocycles. The third-order valence-electron chi connectivity index (χ3n) is 12.6. The van der Waals surface area contributed by atoms with E-state index in [2.05, 4.69) is 57.6 Å². The number of benzene rings is 2. The van der Waals surface area contributed by atoms with Gasteiger partial charge in [0.25, 0.3) is 5.91 Å². The standard InChI is InChI=1S/C42H61ClN4O5S/c1-6-8-19-45-20-22-46(23-21-45)29-42(51-5)18-9-11-30(3)31(4)53(49,50)44-41(48)33-13-17-40-39(25-33)47(26-34-12-16-38(34)42)27-35(28-52-40)37-15-14-36(43)24-32(37)10-7-2/h9,13-15,17-18,24-25,30-31,34-35,38H,6-8,10-12,16,19-23,26-29H2,1-5H3,(H,44,48)/b18-9+. The molecule has 3 aliphatic heterocycles. The first-order valence-electron chi connectivity index (χ1n) is 20.0. The minimum atomic E-state index is -3.95. The van der Waals surface area contributed by atoms with Gasteiger partial charge >= 0.3 is 0 Å². The summed E-state index contributed by atoms with van der Waals surface area (Å²) in [5.41, 5.74) is 3.09. The number of hydrogen-bond acceptors (Lipinski definition) is 8. The molecule has 6 atom stereocenters. The molecule has 1 N–H and O–H groups in total. The third-order valence-corrected chi connectivity index (χ3v) is 14.7. The van der Waals surface area contributed by atoms with Gasteiger partial charge in [0, 0.05) is 69.4 Å². The van der Waals surface area contributed by atoms with Crippen LogP contribution in [0.4, 0.5) is 5.69 Å². The molecular formula is C42H61ClN4O5S. The normalized spacial score (nSPS) is 30.3. The van der Waals surface area contributed by atoms with Crippen LogP contribution in [0.3, 0.4) is 0 Å². The van der Waals surface area contributed by atoms with E-state index >= 15 is 0 Å². The van der Waals surface area contributed by atoms with Crippen LogP contribution in [-0.4, -0.2) is 101 Å². The smallest absolute Gasteiger partial charge is 0.264 e. The number of nitrogens with zero attached hydrogens (tertiary/aromatic N) is 3. The van der Waals surface area contributed by atoms with E-state index in [0.29, 0.717) is 36.8 Å². The van der Waals surface area contributed by atoms with Crippen molar-refractivity contribution in [2.75, 3.05) is 71.0 Å². The van der Waals surface area contributed by atoms with Gasteiger partial charge in [-0.05, 0) is 105 Å². The molecule has 292 valence electrons. The summed E-state index contributed by atoms with van der Waals surface area (Å²) in [7, 11) is -2.09. The molecule has 2 aromatic carbocycles. The summed E-state index contributed by atoms with van der Waals surface area (Å²) in [5.74, 6) is 0.566. The SMILES string of the molecule is CCCCN1CCN(CC2(OC)/C=C/CC(C)C(C)S(=O)(=O)NC(=O)c3ccc4c(c3)N(CC(c3ccc(Cl)cc3CCC)CO4)CC3CCC32)CC1. The predicted molar refractivity (Wildman–Crippen MR) is 215 cm³/mol. The molecule has 6 unspecified atom stereocenters. The van der Waals surface area contributed by atoms with Gasteiger partial charge in [-0.3, -0.25) is 9.69 Å². The van der Waals surface area contributed by atoms with Gasteiger partial charge in [0.15, 0.2) is 0 Å². The highest BCUT2D eigenvalue weighted by molar-refractivity contribution is 7.90. The minimum absolute atomic E-state index is 0.0708. The Kier molecular flexibility index (Phi) is 13.2. The largest absolute Gasteiger partial charge is 0.491 e. The van der Waals surface area contributed by atoms with Crippen molar-refractivity contribution < 1.29 is 22.7 Å². The first-order chi connectivity index (χ1) is 25.5. The van der Waals surface area contributed by atoms with E-state index in [0.717, 1.165) is 82.2 Å². The summed E-state index contributed by atoms with van der Waals surface area (Å²) in [5, 5.41) is -0.0373. The molecule has 6 rings (SSSR count). The van der Waals surface area contributed by atoms with Crippen LogP contribution in [0.15, 0.2) is 48.6 Å². The molecule has 9 nitrogen and oxygen atoms in total. The van der Waals surface area contributed by atoms with E-state index in [-0.39, 0.29) is 17.8 Å². The number of anilines is 1. The Balaban J connectivity index is 1.37. The molecule has 1 amide bonds. The Hall–Kier alpha value is -2.63. The highest BCUT2D eigenvalue weighted by atomic mass is 35.5. The summed E-state index contributed by atoms with van der Waals surface area (Å²) < 4.78 is 42.8. The number of ether oxygens (including phenoxy) is 2. The minimum Gasteiger partial charge on any atom is -0.491 e. The van der Waals surface area contributed by atoms with Gasteiger partial charge < -0.3 is 19.3 Å². The molecule has 11 heteroatoms. The van der Waals surface area contributed by atoms with Crippen molar-refractivity contribution in [3.05, 3.63) is 70.3 Å². The number of carbonyl (C=O) groups excluding carboxylic acids is 1. The molecule has 0 radical (unpaired) electrons. The quantitative estimate of drug-likeness (QED) is 0.269. The number of halogens is 1. The van der Waals surface area contributed by atoms with Crippen LogP contribution >= 0.6 is 11.6 Å². The van der Waals surface area contributed by atoms with E-state index < -0.39 is 26.8 Å². The maximum atomic E-state index is 13.6. The Bertz CT molecular complexity index is 1710. The summed E-state index contributed by atoms with van der Waals surface area (Å²) in [6.07, 6.45) is 11.5. The van der Waals surface area contributed by atoms with Gasteiger partial charge in [-0.1, -0.05) is 63.4 Å². The summed E-state index contributed by atoms with van der Waals surface area (Å²) in [6.45, 7) is 16.1. The first-order valence-corrected chi connectivity index (χ1v) is 21.9. The summed E-state index contributed by atoms with van der Waals surface area (Å²) >= 11 is 6.49. The summed E-state index contributed by atoms with van der Waals surface area (Å²) in [6, 6.07) is 11.5. The Morgan fingerprint density at radius 3 is 2.47 bits per heavy atom. The van der Waals surface area contributed by atoms with Crippen molar-refractivity contribution in [1.29, 1.82) is 0 Å². The number of hydrogen-bond donors (Lipinski definition) is 1. The lowest BCUT2D eigenvalue weighted by Crippen LogP contribution is -2.58. The molecular weight excluding hydrogens is 708 g/mol. The number of sulfonamides is 1. The fraction of sp³-hybridized carbons (Fsp3) is 0.643. The molecule has 2 aromatic rings. The van der Waals surface area contributed by atoms with Gasteiger partial charge in [0.2, 0.25) is 10.0 Å². The summed E-state index contributed by atoms with van der Waals surface area (Å²) in [4.78, 5) is 21.1. The van der Waals surface area contributed by atoms with Crippen LogP contribution in [-0.2, 0) is 21.2 Å². The second-order valence-corrected chi connectivity index (χ2v) is 18.5. The average Bonchev–Trinajstić information content (AvgIpc) is 3.31. The van der Waals surface area contributed by atoms with Crippen molar-refractivity contribution in [2.45, 2.75) is 89.4 Å². The van der Waals surface area contributed by atoms with E-state index in [1.54, 1.807) is 13.0 Å².